The van der Waals surface area contributed by atoms with Gasteiger partial charge in [-0.3, -0.25) is 4.90 Å². The Morgan fingerprint density at radius 2 is 2.33 bits per heavy atom. The third kappa shape index (κ3) is 3.69. The maximum absolute atomic E-state index is 5.76. The van der Waals surface area contributed by atoms with E-state index in [9.17, 15) is 0 Å². The highest BCUT2D eigenvalue weighted by molar-refractivity contribution is 5.44. The first-order valence-corrected chi connectivity index (χ1v) is 7.06. The number of rotatable bonds is 5. The van der Waals surface area contributed by atoms with Crippen molar-refractivity contribution in [2.75, 3.05) is 40.3 Å². The largest absolute Gasteiger partial charge is 0.461 e. The maximum atomic E-state index is 5.76. The number of likely N-dealkylation sites (N-methyl/N-ethyl adjacent to an activating group) is 1. The van der Waals surface area contributed by atoms with Crippen molar-refractivity contribution in [2.45, 2.75) is 12.6 Å². The first kappa shape index (κ1) is 14.2. The van der Waals surface area contributed by atoms with Gasteiger partial charge >= 0.3 is 0 Å². The Balaban J connectivity index is 1.59. The molecule has 21 heavy (non-hydrogen) atoms. The molecule has 2 aromatic heterocycles. The van der Waals surface area contributed by atoms with Gasteiger partial charge in [-0.2, -0.15) is 4.98 Å². The van der Waals surface area contributed by atoms with Crippen LogP contribution in [0.2, 0.25) is 0 Å². The second-order valence-corrected chi connectivity index (χ2v) is 5.48. The molecule has 0 N–H and O–H groups in total. The predicted molar refractivity (Wildman–Crippen MR) is 75.6 cm³/mol. The van der Waals surface area contributed by atoms with Crippen molar-refractivity contribution >= 4 is 0 Å². The molecular formula is C14H20N4O3. The molecular weight excluding hydrogens is 272 g/mol. The summed E-state index contributed by atoms with van der Waals surface area (Å²) in [5.74, 6) is 1.72. The molecule has 0 unspecified atom stereocenters. The van der Waals surface area contributed by atoms with E-state index in [1.54, 1.807) is 12.3 Å². The van der Waals surface area contributed by atoms with Gasteiger partial charge in [0.15, 0.2) is 5.76 Å². The summed E-state index contributed by atoms with van der Waals surface area (Å²) in [6.07, 6.45) is 1.82. The second-order valence-electron chi connectivity index (χ2n) is 5.48. The highest BCUT2D eigenvalue weighted by atomic mass is 16.5. The Morgan fingerprint density at radius 1 is 1.43 bits per heavy atom. The highest BCUT2D eigenvalue weighted by Gasteiger charge is 2.23. The summed E-state index contributed by atoms with van der Waals surface area (Å²) in [5.41, 5.74) is 0. The fourth-order valence-electron chi connectivity index (χ4n) is 2.46. The molecule has 0 radical (unpaired) electrons. The first-order valence-electron chi connectivity index (χ1n) is 7.06. The van der Waals surface area contributed by atoms with E-state index < -0.39 is 0 Å². The zero-order chi connectivity index (χ0) is 14.7. The SMILES string of the molecule is CN(C)C[C@@H]1CN(Cc2nc(-c3ccco3)no2)CCO1. The standard InChI is InChI=1S/C14H20N4O3/c1-17(2)8-11-9-18(5-7-19-11)10-13-15-14(16-21-13)12-4-3-6-20-12/h3-4,6,11H,5,7-10H2,1-2H3/t11-/m1/s1. The Labute approximate surface area is 123 Å². The van der Waals surface area contributed by atoms with Gasteiger partial charge < -0.3 is 18.6 Å². The van der Waals surface area contributed by atoms with Crippen LogP contribution in [0.15, 0.2) is 27.3 Å². The topological polar surface area (TPSA) is 67.8 Å². The summed E-state index contributed by atoms with van der Waals surface area (Å²) in [7, 11) is 4.10. The minimum absolute atomic E-state index is 0.223. The Kier molecular flexibility index (Phi) is 4.33. The normalized spacial score (nSPS) is 20.2. The zero-order valence-electron chi connectivity index (χ0n) is 12.4. The molecule has 1 aliphatic heterocycles. The number of ether oxygens (including phenoxy) is 1. The highest BCUT2D eigenvalue weighted by Crippen LogP contribution is 2.17. The zero-order valence-corrected chi connectivity index (χ0v) is 12.4. The molecule has 1 fully saturated rings. The van der Waals surface area contributed by atoms with E-state index in [-0.39, 0.29) is 6.10 Å². The third-order valence-electron chi connectivity index (χ3n) is 3.36. The molecule has 1 saturated heterocycles. The van der Waals surface area contributed by atoms with Crippen molar-refractivity contribution in [3.63, 3.8) is 0 Å². The summed E-state index contributed by atoms with van der Waals surface area (Å²) in [5, 5.41) is 3.95. The summed E-state index contributed by atoms with van der Waals surface area (Å²) in [6.45, 7) is 4.04. The van der Waals surface area contributed by atoms with Crippen molar-refractivity contribution in [3.05, 3.63) is 24.3 Å². The van der Waals surface area contributed by atoms with Crippen molar-refractivity contribution in [2.24, 2.45) is 0 Å². The fourth-order valence-corrected chi connectivity index (χ4v) is 2.46. The Bertz CT molecular complexity index is 552. The van der Waals surface area contributed by atoms with E-state index in [0.717, 1.165) is 26.2 Å². The van der Waals surface area contributed by atoms with Gasteiger partial charge in [0.1, 0.15) is 0 Å². The van der Waals surface area contributed by atoms with Crippen molar-refractivity contribution in [3.8, 4) is 11.6 Å². The number of hydrogen-bond donors (Lipinski definition) is 0. The predicted octanol–water partition coefficient (Wildman–Crippen LogP) is 1.09. The average molecular weight is 292 g/mol. The summed E-state index contributed by atoms with van der Waals surface area (Å²) >= 11 is 0. The second kappa shape index (κ2) is 6.38. The molecule has 1 atom stereocenters. The lowest BCUT2D eigenvalue weighted by molar-refractivity contribution is -0.0430. The van der Waals surface area contributed by atoms with Gasteiger partial charge in [0.05, 0.1) is 25.5 Å². The number of morpholine rings is 1. The molecule has 0 aromatic carbocycles. The molecule has 7 nitrogen and oxygen atoms in total. The molecule has 0 bridgehead atoms. The number of nitrogens with zero attached hydrogens (tertiary/aromatic N) is 4. The van der Waals surface area contributed by atoms with Crippen LogP contribution in [0.3, 0.4) is 0 Å². The van der Waals surface area contributed by atoms with Crippen LogP contribution in [0.1, 0.15) is 5.89 Å². The summed E-state index contributed by atoms with van der Waals surface area (Å²) < 4.78 is 16.3. The van der Waals surface area contributed by atoms with Crippen molar-refractivity contribution in [1.82, 2.24) is 19.9 Å². The van der Waals surface area contributed by atoms with Crippen molar-refractivity contribution < 1.29 is 13.7 Å². The number of aromatic nitrogens is 2. The van der Waals surface area contributed by atoms with Crippen LogP contribution in [0.5, 0.6) is 0 Å². The molecule has 3 rings (SSSR count). The van der Waals surface area contributed by atoms with Crippen LogP contribution in [0.25, 0.3) is 11.6 Å². The van der Waals surface area contributed by atoms with E-state index in [2.05, 4.69) is 34.0 Å². The molecule has 114 valence electrons. The number of furan rings is 1. The Hall–Kier alpha value is -1.70. The van der Waals surface area contributed by atoms with Crippen LogP contribution in [-0.2, 0) is 11.3 Å². The molecule has 0 spiro atoms. The van der Waals surface area contributed by atoms with E-state index in [4.69, 9.17) is 13.7 Å². The Morgan fingerprint density at radius 3 is 3.10 bits per heavy atom. The van der Waals surface area contributed by atoms with Gasteiger partial charge in [-0.1, -0.05) is 5.16 Å². The van der Waals surface area contributed by atoms with Crippen LogP contribution in [0, 0.1) is 0 Å². The molecule has 3 heterocycles. The van der Waals surface area contributed by atoms with Crippen LogP contribution < -0.4 is 0 Å². The molecule has 0 saturated carbocycles. The molecule has 0 amide bonds. The maximum Gasteiger partial charge on any atom is 0.241 e. The molecule has 2 aromatic rings. The van der Waals surface area contributed by atoms with Gasteiger partial charge in [0.2, 0.25) is 11.7 Å². The molecule has 0 aliphatic carbocycles. The quantitative estimate of drug-likeness (QED) is 0.817. The fraction of sp³-hybridized carbons (Fsp3) is 0.571. The van der Waals surface area contributed by atoms with E-state index in [0.29, 0.717) is 24.0 Å². The van der Waals surface area contributed by atoms with E-state index >= 15 is 0 Å². The minimum Gasteiger partial charge on any atom is -0.461 e. The van der Waals surface area contributed by atoms with Gasteiger partial charge in [-0.05, 0) is 26.2 Å². The minimum atomic E-state index is 0.223. The van der Waals surface area contributed by atoms with Gasteiger partial charge in [0.25, 0.3) is 0 Å². The smallest absolute Gasteiger partial charge is 0.241 e. The lowest BCUT2D eigenvalue weighted by Crippen LogP contribution is -2.46. The van der Waals surface area contributed by atoms with Crippen LogP contribution >= 0.6 is 0 Å². The molecule has 1 aliphatic rings. The van der Waals surface area contributed by atoms with Gasteiger partial charge in [-0.15, -0.1) is 0 Å². The van der Waals surface area contributed by atoms with Crippen molar-refractivity contribution in [1.29, 1.82) is 0 Å². The van der Waals surface area contributed by atoms with Crippen LogP contribution in [-0.4, -0.2) is 66.4 Å². The van der Waals surface area contributed by atoms with E-state index in [1.165, 1.54) is 0 Å². The van der Waals surface area contributed by atoms with Crippen LogP contribution in [0.4, 0.5) is 0 Å². The van der Waals surface area contributed by atoms with Gasteiger partial charge in [-0.25, -0.2) is 0 Å². The first-order chi connectivity index (χ1) is 10.2. The number of hydrogen-bond acceptors (Lipinski definition) is 7. The monoisotopic (exact) mass is 292 g/mol. The summed E-state index contributed by atoms with van der Waals surface area (Å²) in [6, 6.07) is 3.62. The lowest BCUT2D eigenvalue weighted by Gasteiger charge is -2.33. The lowest BCUT2D eigenvalue weighted by atomic mass is 10.2. The molecule has 7 heteroatoms. The average Bonchev–Trinajstić information content (AvgIpc) is 3.08. The third-order valence-corrected chi connectivity index (χ3v) is 3.36. The van der Waals surface area contributed by atoms with E-state index in [1.807, 2.05) is 6.07 Å². The van der Waals surface area contributed by atoms with Gasteiger partial charge in [0, 0.05) is 19.6 Å². The summed E-state index contributed by atoms with van der Waals surface area (Å²) in [4.78, 5) is 8.78.